The van der Waals surface area contributed by atoms with Crippen LogP contribution in [-0.4, -0.2) is 29.6 Å². The smallest absolute Gasteiger partial charge is 0.131 e. The number of rotatable bonds is 7. The Balaban J connectivity index is 1.86. The van der Waals surface area contributed by atoms with Crippen LogP contribution in [0.2, 0.25) is 0 Å². The van der Waals surface area contributed by atoms with Gasteiger partial charge in [-0.1, -0.05) is 34.1 Å². The quantitative estimate of drug-likeness (QED) is 0.723. The summed E-state index contributed by atoms with van der Waals surface area (Å²) in [6.07, 6.45) is 2.47. The van der Waals surface area contributed by atoms with Crippen molar-refractivity contribution >= 4 is 27.6 Å². The van der Waals surface area contributed by atoms with E-state index < -0.39 is 0 Å². The van der Waals surface area contributed by atoms with Gasteiger partial charge in [0.2, 0.25) is 0 Å². The first kappa shape index (κ1) is 14.7. The summed E-state index contributed by atoms with van der Waals surface area (Å²) in [7, 11) is 0. The molecule has 0 fully saturated rings. The van der Waals surface area contributed by atoms with Crippen molar-refractivity contribution < 1.29 is 0 Å². The van der Waals surface area contributed by atoms with Crippen molar-refractivity contribution in [2.24, 2.45) is 5.73 Å². The first-order chi connectivity index (χ1) is 9.79. The third-order valence-electron chi connectivity index (χ3n) is 2.78. The fourth-order valence-electron chi connectivity index (χ4n) is 1.78. The first-order valence-corrected chi connectivity index (χ1v) is 7.32. The molecule has 6 heteroatoms. The van der Waals surface area contributed by atoms with Gasteiger partial charge in [-0.15, -0.1) is 0 Å². The van der Waals surface area contributed by atoms with Crippen LogP contribution in [0.3, 0.4) is 0 Å². The molecule has 2 rings (SSSR count). The Morgan fingerprint density at radius 3 is 2.45 bits per heavy atom. The van der Waals surface area contributed by atoms with Crippen LogP contribution in [0.15, 0.2) is 41.1 Å². The molecule has 2 aromatic rings. The molecular weight excluding hydrogens is 318 g/mol. The van der Waals surface area contributed by atoms with Crippen molar-refractivity contribution in [3.63, 3.8) is 0 Å². The molecule has 0 bridgehead atoms. The molecule has 0 aliphatic carbocycles. The largest absolute Gasteiger partial charge is 0.370 e. The van der Waals surface area contributed by atoms with Gasteiger partial charge in [0.1, 0.15) is 18.0 Å². The summed E-state index contributed by atoms with van der Waals surface area (Å²) >= 11 is 3.55. The van der Waals surface area contributed by atoms with Crippen molar-refractivity contribution in [2.45, 2.75) is 6.42 Å². The van der Waals surface area contributed by atoms with E-state index in [4.69, 9.17) is 5.73 Å². The second-order valence-corrected chi connectivity index (χ2v) is 5.13. The number of aromatic nitrogens is 2. The minimum atomic E-state index is 0.578. The zero-order valence-electron chi connectivity index (χ0n) is 11.1. The number of hydrogen-bond acceptors (Lipinski definition) is 5. The van der Waals surface area contributed by atoms with Gasteiger partial charge in [-0.2, -0.15) is 0 Å². The second-order valence-electron chi connectivity index (χ2n) is 4.27. The lowest BCUT2D eigenvalue weighted by Crippen LogP contribution is -2.14. The molecule has 4 N–H and O–H groups in total. The number of nitrogens with two attached hydrogens (primary N) is 1. The Kier molecular flexibility index (Phi) is 5.76. The molecule has 20 heavy (non-hydrogen) atoms. The van der Waals surface area contributed by atoms with Crippen molar-refractivity contribution in [3.05, 3.63) is 46.7 Å². The van der Waals surface area contributed by atoms with Crippen molar-refractivity contribution in [1.82, 2.24) is 9.97 Å². The summed E-state index contributed by atoms with van der Waals surface area (Å²) < 4.78 is 1.13. The van der Waals surface area contributed by atoms with Crippen molar-refractivity contribution in [3.8, 4) is 0 Å². The molecule has 0 spiro atoms. The van der Waals surface area contributed by atoms with Crippen LogP contribution < -0.4 is 16.4 Å². The molecule has 0 aliphatic rings. The summed E-state index contributed by atoms with van der Waals surface area (Å²) in [4.78, 5) is 8.33. The van der Waals surface area contributed by atoms with E-state index in [-0.39, 0.29) is 0 Å². The van der Waals surface area contributed by atoms with Gasteiger partial charge < -0.3 is 16.4 Å². The number of anilines is 2. The molecule has 5 nitrogen and oxygen atoms in total. The monoisotopic (exact) mass is 335 g/mol. The zero-order valence-corrected chi connectivity index (χ0v) is 12.7. The Morgan fingerprint density at radius 1 is 1.05 bits per heavy atom. The van der Waals surface area contributed by atoms with Crippen LogP contribution in [0.1, 0.15) is 5.56 Å². The molecule has 0 radical (unpaired) electrons. The molecule has 1 aromatic heterocycles. The van der Waals surface area contributed by atoms with E-state index >= 15 is 0 Å². The third-order valence-corrected chi connectivity index (χ3v) is 3.55. The van der Waals surface area contributed by atoms with Gasteiger partial charge in [-0.05, 0) is 18.1 Å². The Hall–Kier alpha value is -1.66. The maximum Gasteiger partial charge on any atom is 0.131 e. The molecular formula is C14H18BrN5. The van der Waals surface area contributed by atoms with Gasteiger partial charge in [-0.25, -0.2) is 9.97 Å². The van der Waals surface area contributed by atoms with E-state index in [0.717, 1.165) is 29.1 Å². The lowest BCUT2D eigenvalue weighted by Gasteiger charge is -2.08. The Morgan fingerprint density at radius 2 is 1.75 bits per heavy atom. The molecule has 106 valence electrons. The highest BCUT2D eigenvalue weighted by Gasteiger charge is 2.00. The third kappa shape index (κ3) is 4.47. The van der Waals surface area contributed by atoms with E-state index in [2.05, 4.69) is 48.7 Å². The van der Waals surface area contributed by atoms with E-state index in [1.807, 2.05) is 18.2 Å². The minimum Gasteiger partial charge on any atom is -0.370 e. The molecule has 0 saturated heterocycles. The van der Waals surface area contributed by atoms with E-state index in [1.54, 1.807) is 6.33 Å². The number of halogens is 1. The van der Waals surface area contributed by atoms with Crippen LogP contribution in [0, 0.1) is 0 Å². The van der Waals surface area contributed by atoms with Crippen molar-refractivity contribution in [2.75, 3.05) is 30.3 Å². The zero-order chi connectivity index (χ0) is 14.2. The average Bonchev–Trinajstić information content (AvgIpc) is 2.48. The highest BCUT2D eigenvalue weighted by atomic mass is 79.9. The molecule has 0 aliphatic heterocycles. The molecule has 0 amide bonds. The summed E-state index contributed by atoms with van der Waals surface area (Å²) in [5, 5.41) is 6.42. The summed E-state index contributed by atoms with van der Waals surface area (Å²) in [5.74, 6) is 1.60. The molecule has 1 aromatic carbocycles. The fraction of sp³-hybridized carbons (Fsp3) is 0.286. The van der Waals surface area contributed by atoms with Gasteiger partial charge in [-0.3, -0.25) is 0 Å². The first-order valence-electron chi connectivity index (χ1n) is 6.53. The highest BCUT2D eigenvalue weighted by molar-refractivity contribution is 9.10. The van der Waals surface area contributed by atoms with Gasteiger partial charge in [0.15, 0.2) is 0 Å². The second kappa shape index (κ2) is 7.81. The number of hydrogen-bond donors (Lipinski definition) is 3. The minimum absolute atomic E-state index is 0.578. The highest BCUT2D eigenvalue weighted by Crippen LogP contribution is 2.16. The average molecular weight is 336 g/mol. The summed E-state index contributed by atoms with van der Waals surface area (Å²) in [6, 6.07) is 10.1. The summed E-state index contributed by atoms with van der Waals surface area (Å²) in [6.45, 7) is 2.10. The Labute approximate surface area is 127 Å². The van der Waals surface area contributed by atoms with Crippen LogP contribution in [-0.2, 0) is 6.42 Å². The summed E-state index contributed by atoms with van der Waals surface area (Å²) in [5.41, 5.74) is 6.72. The van der Waals surface area contributed by atoms with Crippen LogP contribution in [0.5, 0.6) is 0 Å². The van der Waals surface area contributed by atoms with Crippen molar-refractivity contribution in [1.29, 1.82) is 0 Å². The number of benzene rings is 1. The Bertz CT molecular complexity index is 547. The normalized spacial score (nSPS) is 10.3. The molecule has 0 saturated carbocycles. The molecule has 0 unspecified atom stereocenters. The van der Waals surface area contributed by atoms with Gasteiger partial charge >= 0.3 is 0 Å². The fourth-order valence-corrected chi connectivity index (χ4v) is 2.26. The topological polar surface area (TPSA) is 75.9 Å². The van der Waals surface area contributed by atoms with Gasteiger partial charge in [0, 0.05) is 30.2 Å². The van der Waals surface area contributed by atoms with Gasteiger partial charge in [0.25, 0.3) is 0 Å². The predicted octanol–water partition coefficient (Wildman–Crippen LogP) is 2.26. The number of nitrogens with zero attached hydrogens (tertiary/aromatic N) is 2. The van der Waals surface area contributed by atoms with E-state index in [1.165, 1.54) is 5.56 Å². The van der Waals surface area contributed by atoms with Crippen LogP contribution >= 0.6 is 15.9 Å². The van der Waals surface area contributed by atoms with Crippen LogP contribution in [0.4, 0.5) is 11.6 Å². The molecule has 1 heterocycles. The van der Waals surface area contributed by atoms with E-state index in [9.17, 15) is 0 Å². The lowest BCUT2D eigenvalue weighted by molar-refractivity contribution is 0.983. The lowest BCUT2D eigenvalue weighted by atomic mass is 10.1. The predicted molar refractivity (Wildman–Crippen MR) is 85.9 cm³/mol. The standard InChI is InChI=1S/C14H18BrN5/c15-12-4-2-1-3-11(12)5-7-17-13-9-14(18-8-6-16)20-10-19-13/h1-4,9-10H,5-8,16H2,(H2,17,18,19,20). The number of nitrogens with one attached hydrogen (secondary N) is 2. The maximum atomic E-state index is 5.45. The van der Waals surface area contributed by atoms with Gasteiger partial charge in [0.05, 0.1) is 0 Å². The maximum absolute atomic E-state index is 5.45. The van der Waals surface area contributed by atoms with Crippen LogP contribution in [0.25, 0.3) is 0 Å². The molecule has 0 atom stereocenters. The SMILES string of the molecule is NCCNc1cc(NCCc2ccccc2Br)ncn1. The van der Waals surface area contributed by atoms with E-state index in [0.29, 0.717) is 13.1 Å².